The highest BCUT2D eigenvalue weighted by molar-refractivity contribution is 5.78. The predicted molar refractivity (Wildman–Crippen MR) is 53.8 cm³/mol. The summed E-state index contributed by atoms with van der Waals surface area (Å²) in [6.07, 6.45) is 0.506. The lowest BCUT2D eigenvalue weighted by Crippen LogP contribution is -2.51. The molecule has 0 radical (unpaired) electrons. The number of carbonyl (C=O) groups is 1. The molecule has 6 N–H and O–H groups in total. The minimum Gasteiger partial charge on any atom is -0.369 e. The Morgan fingerprint density at radius 3 is 1.69 bits per heavy atom. The van der Waals surface area contributed by atoms with Crippen molar-refractivity contribution >= 4 is 5.91 Å². The van der Waals surface area contributed by atoms with Crippen LogP contribution >= 0.6 is 0 Å². The molecule has 0 aliphatic heterocycles. The highest BCUT2D eigenvalue weighted by Crippen LogP contribution is 2.22. The lowest BCUT2D eigenvalue weighted by molar-refractivity contribution is -0.124. The number of rotatable bonds is 4. The van der Waals surface area contributed by atoms with E-state index in [4.69, 9.17) is 17.2 Å². The molecule has 0 spiro atoms. The molecule has 1 atom stereocenters. The van der Waals surface area contributed by atoms with E-state index in [0.717, 1.165) is 0 Å². The largest absolute Gasteiger partial charge is 0.369 e. The molecule has 0 heterocycles. The highest BCUT2D eigenvalue weighted by atomic mass is 16.1. The molecule has 0 bridgehead atoms. The first kappa shape index (κ1) is 12.4. The zero-order chi connectivity index (χ0) is 10.9. The number of carbonyl (C=O) groups excluding carboxylic acids is 1. The fraction of sp³-hybridized carbons (Fsp3) is 0.889. The van der Waals surface area contributed by atoms with Gasteiger partial charge >= 0.3 is 0 Å². The number of nitrogens with two attached hydrogens (primary N) is 3. The van der Waals surface area contributed by atoms with Crippen LogP contribution in [0.5, 0.6) is 0 Å². The smallest absolute Gasteiger partial charge is 0.222 e. The molecule has 0 fully saturated rings. The summed E-state index contributed by atoms with van der Waals surface area (Å²) in [4.78, 5) is 11.1. The molecule has 1 amide bonds. The van der Waals surface area contributed by atoms with Crippen LogP contribution in [-0.2, 0) is 4.79 Å². The van der Waals surface area contributed by atoms with Gasteiger partial charge in [-0.2, -0.15) is 0 Å². The Morgan fingerprint density at radius 1 is 1.23 bits per heavy atom. The van der Waals surface area contributed by atoms with Crippen molar-refractivity contribution in [3.05, 3.63) is 0 Å². The summed E-state index contributed by atoms with van der Waals surface area (Å²) >= 11 is 0. The van der Waals surface area contributed by atoms with E-state index in [2.05, 4.69) is 0 Å². The van der Waals surface area contributed by atoms with E-state index in [1.165, 1.54) is 0 Å². The van der Waals surface area contributed by atoms with Crippen LogP contribution < -0.4 is 17.2 Å². The molecule has 0 aromatic heterocycles. The fourth-order valence-corrected chi connectivity index (χ4v) is 1.26. The van der Waals surface area contributed by atoms with E-state index in [0.29, 0.717) is 6.42 Å². The third-order valence-corrected chi connectivity index (χ3v) is 1.97. The number of hydrogen-bond acceptors (Lipinski definition) is 3. The fourth-order valence-electron chi connectivity index (χ4n) is 1.26. The van der Waals surface area contributed by atoms with Crippen molar-refractivity contribution in [2.75, 3.05) is 0 Å². The average Bonchev–Trinajstić information content (AvgIpc) is 1.77. The number of hydrogen-bond donors (Lipinski definition) is 3. The van der Waals surface area contributed by atoms with Crippen molar-refractivity contribution < 1.29 is 4.79 Å². The Labute approximate surface area is 79.8 Å². The van der Waals surface area contributed by atoms with Gasteiger partial charge < -0.3 is 17.2 Å². The van der Waals surface area contributed by atoms with Crippen molar-refractivity contribution in [3.63, 3.8) is 0 Å². The third-order valence-electron chi connectivity index (χ3n) is 1.97. The van der Waals surface area contributed by atoms with Crippen molar-refractivity contribution in [2.24, 2.45) is 23.1 Å². The Balaban J connectivity index is 4.56. The van der Waals surface area contributed by atoms with Crippen LogP contribution in [-0.4, -0.2) is 17.0 Å². The van der Waals surface area contributed by atoms with Crippen molar-refractivity contribution in [3.8, 4) is 0 Å². The van der Waals surface area contributed by atoms with Gasteiger partial charge in [-0.05, 0) is 34.1 Å². The topological polar surface area (TPSA) is 95.1 Å². The molecular formula is C9H21N3O. The molecule has 0 aliphatic rings. The minimum absolute atomic E-state index is 0.382. The second kappa shape index (κ2) is 3.64. The molecule has 0 aromatic rings. The monoisotopic (exact) mass is 187 g/mol. The van der Waals surface area contributed by atoms with E-state index in [9.17, 15) is 4.79 Å². The minimum atomic E-state index is -0.609. The van der Waals surface area contributed by atoms with Crippen molar-refractivity contribution in [1.82, 2.24) is 0 Å². The molecule has 0 saturated heterocycles. The Hall–Kier alpha value is -0.610. The standard InChI is InChI=1S/C9H21N3O/c1-8(2,11)5-6(7(10)13)9(3,4)12/h6H,5,11-12H2,1-4H3,(H2,10,13). The van der Waals surface area contributed by atoms with Gasteiger partial charge in [-0.1, -0.05) is 0 Å². The van der Waals surface area contributed by atoms with E-state index in [1.807, 2.05) is 13.8 Å². The van der Waals surface area contributed by atoms with Gasteiger partial charge in [0.15, 0.2) is 0 Å². The molecule has 0 rings (SSSR count). The van der Waals surface area contributed by atoms with Gasteiger partial charge in [-0.3, -0.25) is 4.79 Å². The van der Waals surface area contributed by atoms with E-state index in [-0.39, 0.29) is 11.8 Å². The summed E-state index contributed by atoms with van der Waals surface area (Å²) in [7, 11) is 0. The molecule has 4 heteroatoms. The molecule has 1 unspecified atom stereocenters. The highest BCUT2D eigenvalue weighted by Gasteiger charge is 2.33. The second-order valence-electron chi connectivity index (χ2n) is 4.97. The molecule has 0 aliphatic carbocycles. The van der Waals surface area contributed by atoms with Crippen LogP contribution in [0.3, 0.4) is 0 Å². The maximum atomic E-state index is 11.1. The van der Waals surface area contributed by atoms with Gasteiger partial charge in [0.2, 0.25) is 5.91 Å². The van der Waals surface area contributed by atoms with Crippen LogP contribution in [0.25, 0.3) is 0 Å². The van der Waals surface area contributed by atoms with Crippen molar-refractivity contribution in [1.29, 1.82) is 0 Å². The Bertz CT molecular complexity index is 188. The van der Waals surface area contributed by atoms with Crippen LogP contribution in [0.4, 0.5) is 0 Å². The summed E-state index contributed by atoms with van der Waals surface area (Å²) in [5.74, 6) is -0.765. The summed E-state index contributed by atoms with van der Waals surface area (Å²) in [5.41, 5.74) is 15.9. The SMILES string of the molecule is CC(C)(N)CC(C(N)=O)C(C)(C)N. The molecule has 0 saturated carbocycles. The summed E-state index contributed by atoms with van der Waals surface area (Å²) in [5, 5.41) is 0. The van der Waals surface area contributed by atoms with Crippen molar-refractivity contribution in [2.45, 2.75) is 45.2 Å². The maximum absolute atomic E-state index is 11.1. The van der Waals surface area contributed by atoms with E-state index in [1.54, 1.807) is 13.8 Å². The van der Waals surface area contributed by atoms with Gasteiger partial charge in [0.25, 0.3) is 0 Å². The zero-order valence-electron chi connectivity index (χ0n) is 8.92. The number of primary amides is 1. The van der Waals surface area contributed by atoms with Gasteiger partial charge in [-0.15, -0.1) is 0 Å². The summed E-state index contributed by atoms with van der Waals surface area (Å²) in [6.45, 7) is 7.28. The molecule has 0 aromatic carbocycles. The first-order valence-electron chi connectivity index (χ1n) is 4.41. The summed E-state index contributed by atoms with van der Waals surface area (Å²) in [6, 6.07) is 0. The molecular weight excluding hydrogens is 166 g/mol. The lowest BCUT2D eigenvalue weighted by Gasteiger charge is -2.32. The average molecular weight is 187 g/mol. The van der Waals surface area contributed by atoms with Crippen LogP contribution in [0.2, 0.25) is 0 Å². The van der Waals surface area contributed by atoms with Crippen LogP contribution in [0.15, 0.2) is 0 Å². The van der Waals surface area contributed by atoms with Crippen LogP contribution in [0.1, 0.15) is 34.1 Å². The first-order chi connectivity index (χ1) is 5.54. The normalized spacial score (nSPS) is 15.5. The maximum Gasteiger partial charge on any atom is 0.222 e. The first-order valence-corrected chi connectivity index (χ1v) is 4.41. The van der Waals surface area contributed by atoms with Crippen LogP contribution in [0, 0.1) is 5.92 Å². The Morgan fingerprint density at radius 2 is 1.62 bits per heavy atom. The van der Waals surface area contributed by atoms with Gasteiger partial charge in [0, 0.05) is 11.1 Å². The Kier molecular flexibility index (Phi) is 3.47. The zero-order valence-corrected chi connectivity index (χ0v) is 8.92. The lowest BCUT2D eigenvalue weighted by atomic mass is 9.79. The van der Waals surface area contributed by atoms with Gasteiger partial charge in [0.05, 0.1) is 5.92 Å². The number of amides is 1. The molecule has 4 nitrogen and oxygen atoms in total. The quantitative estimate of drug-likeness (QED) is 0.576. The molecule has 78 valence electrons. The molecule has 13 heavy (non-hydrogen) atoms. The third kappa shape index (κ3) is 4.85. The van der Waals surface area contributed by atoms with Gasteiger partial charge in [-0.25, -0.2) is 0 Å². The van der Waals surface area contributed by atoms with E-state index >= 15 is 0 Å². The van der Waals surface area contributed by atoms with E-state index < -0.39 is 11.1 Å². The van der Waals surface area contributed by atoms with Gasteiger partial charge in [0.1, 0.15) is 0 Å². The summed E-state index contributed by atoms with van der Waals surface area (Å²) < 4.78 is 0. The predicted octanol–water partition coefficient (Wildman–Crippen LogP) is -0.0474. The second-order valence-corrected chi connectivity index (χ2v) is 4.97.